The van der Waals surface area contributed by atoms with Crippen molar-refractivity contribution >= 4 is 22.5 Å². The van der Waals surface area contributed by atoms with Crippen molar-refractivity contribution in [3.63, 3.8) is 0 Å². The number of aliphatic hydroxyl groups is 1. The molecule has 3 rings (SSSR count). The molecule has 1 unspecified atom stereocenters. The van der Waals surface area contributed by atoms with Crippen LogP contribution >= 0.6 is 11.8 Å². The first-order valence-corrected chi connectivity index (χ1v) is 6.58. The molecule has 3 heteroatoms. The van der Waals surface area contributed by atoms with Gasteiger partial charge in [0.05, 0.1) is 0 Å². The first kappa shape index (κ1) is 10.1. The molecule has 1 aliphatic heterocycles. The third-order valence-electron chi connectivity index (χ3n) is 3.19. The Bertz CT molecular complexity index is 515. The molecule has 1 N–H and O–H groups in total. The summed E-state index contributed by atoms with van der Waals surface area (Å²) >= 11 is 1.81. The Morgan fingerprint density at radius 2 is 2.25 bits per heavy atom. The van der Waals surface area contributed by atoms with Gasteiger partial charge in [-0.2, -0.15) is 11.8 Å². The van der Waals surface area contributed by atoms with Gasteiger partial charge >= 0.3 is 0 Å². The van der Waals surface area contributed by atoms with E-state index in [1.54, 1.807) is 6.20 Å². The van der Waals surface area contributed by atoms with Crippen LogP contribution in [-0.4, -0.2) is 21.6 Å². The highest BCUT2D eigenvalue weighted by Crippen LogP contribution is 2.39. The third-order valence-corrected chi connectivity index (χ3v) is 4.36. The van der Waals surface area contributed by atoms with Crippen LogP contribution in [-0.2, 0) is 5.60 Å². The fourth-order valence-electron chi connectivity index (χ4n) is 2.29. The van der Waals surface area contributed by atoms with Gasteiger partial charge in [-0.3, -0.25) is 4.98 Å². The van der Waals surface area contributed by atoms with Crippen molar-refractivity contribution in [3.8, 4) is 0 Å². The average Bonchev–Trinajstić information content (AvgIpc) is 2.77. The van der Waals surface area contributed by atoms with E-state index in [4.69, 9.17) is 0 Å². The summed E-state index contributed by atoms with van der Waals surface area (Å²) in [5.41, 5.74) is 0.371. The first-order valence-electron chi connectivity index (χ1n) is 5.43. The zero-order valence-corrected chi connectivity index (χ0v) is 9.70. The maximum atomic E-state index is 10.6. The molecule has 1 saturated heterocycles. The summed E-state index contributed by atoms with van der Waals surface area (Å²) in [5, 5.41) is 12.8. The molecule has 82 valence electrons. The number of pyridine rings is 1. The minimum absolute atomic E-state index is 0.660. The summed E-state index contributed by atoms with van der Waals surface area (Å²) < 4.78 is 0. The zero-order valence-electron chi connectivity index (χ0n) is 8.89. The molecule has 1 fully saturated rings. The first-order chi connectivity index (χ1) is 7.80. The Hall–Kier alpha value is -1.06. The molecular formula is C13H13NOS. The fourth-order valence-corrected chi connectivity index (χ4v) is 3.55. The Balaban J connectivity index is 2.23. The molecule has 0 saturated carbocycles. The van der Waals surface area contributed by atoms with Gasteiger partial charge < -0.3 is 5.11 Å². The molecular weight excluding hydrogens is 218 g/mol. The molecule has 0 radical (unpaired) electrons. The van der Waals surface area contributed by atoms with Crippen LogP contribution < -0.4 is 0 Å². The van der Waals surface area contributed by atoms with Gasteiger partial charge in [-0.1, -0.05) is 18.2 Å². The van der Waals surface area contributed by atoms with Crippen LogP contribution in [0.2, 0.25) is 0 Å². The third kappa shape index (κ3) is 1.51. The van der Waals surface area contributed by atoms with Crippen molar-refractivity contribution in [1.29, 1.82) is 0 Å². The summed E-state index contributed by atoms with van der Waals surface area (Å²) in [7, 11) is 0. The van der Waals surface area contributed by atoms with Crippen LogP contribution in [0.4, 0.5) is 0 Å². The Labute approximate surface area is 98.7 Å². The number of nitrogens with zero attached hydrogens (tertiary/aromatic N) is 1. The van der Waals surface area contributed by atoms with E-state index in [9.17, 15) is 5.11 Å². The molecule has 2 nitrogen and oxygen atoms in total. The molecule has 1 aromatic heterocycles. The van der Waals surface area contributed by atoms with Crippen LogP contribution in [0.3, 0.4) is 0 Å². The van der Waals surface area contributed by atoms with Crippen LogP contribution in [0.1, 0.15) is 12.0 Å². The molecule has 0 amide bonds. The lowest BCUT2D eigenvalue weighted by atomic mass is 9.90. The van der Waals surface area contributed by atoms with Gasteiger partial charge in [-0.05, 0) is 29.2 Å². The second kappa shape index (κ2) is 3.75. The standard InChI is InChI=1S/C13H13NOS/c15-13(5-7-16-9-13)12-3-1-2-10-4-6-14-8-11(10)12/h1-4,6,8,15H,5,7,9H2. The fraction of sp³-hybridized carbons (Fsp3) is 0.308. The predicted molar refractivity (Wildman–Crippen MR) is 67.6 cm³/mol. The van der Waals surface area contributed by atoms with Crippen LogP contribution in [0.15, 0.2) is 36.7 Å². The van der Waals surface area contributed by atoms with Gasteiger partial charge in [0.1, 0.15) is 5.60 Å². The topological polar surface area (TPSA) is 33.1 Å². The summed E-state index contributed by atoms with van der Waals surface area (Å²) in [6.07, 6.45) is 4.48. The average molecular weight is 231 g/mol. The number of fused-ring (bicyclic) bond motifs is 1. The quantitative estimate of drug-likeness (QED) is 0.818. The molecule has 2 aromatic rings. The number of hydrogen-bond acceptors (Lipinski definition) is 3. The second-order valence-corrected chi connectivity index (χ2v) is 5.34. The smallest absolute Gasteiger partial charge is 0.100 e. The molecule has 1 atom stereocenters. The Kier molecular flexibility index (Phi) is 2.37. The van der Waals surface area contributed by atoms with Gasteiger partial charge in [0, 0.05) is 23.5 Å². The van der Waals surface area contributed by atoms with E-state index >= 15 is 0 Å². The molecule has 2 heterocycles. The van der Waals surface area contributed by atoms with Crippen molar-refractivity contribution in [2.75, 3.05) is 11.5 Å². The van der Waals surface area contributed by atoms with E-state index < -0.39 is 5.60 Å². The Morgan fingerprint density at radius 3 is 3.06 bits per heavy atom. The van der Waals surface area contributed by atoms with E-state index in [1.165, 1.54) is 0 Å². The SMILES string of the molecule is OC1(c2cccc3ccncc23)CCSC1. The number of thioether (sulfide) groups is 1. The monoisotopic (exact) mass is 231 g/mol. The van der Waals surface area contributed by atoms with Crippen molar-refractivity contribution < 1.29 is 5.11 Å². The van der Waals surface area contributed by atoms with Crippen molar-refractivity contribution in [2.24, 2.45) is 0 Å². The highest BCUT2D eigenvalue weighted by molar-refractivity contribution is 7.99. The van der Waals surface area contributed by atoms with Gasteiger partial charge in [0.25, 0.3) is 0 Å². The van der Waals surface area contributed by atoms with Gasteiger partial charge in [0.2, 0.25) is 0 Å². The van der Waals surface area contributed by atoms with Crippen molar-refractivity contribution in [2.45, 2.75) is 12.0 Å². The molecule has 0 aliphatic carbocycles. The van der Waals surface area contributed by atoms with E-state index in [-0.39, 0.29) is 0 Å². The van der Waals surface area contributed by atoms with Gasteiger partial charge in [-0.25, -0.2) is 0 Å². The number of aromatic nitrogens is 1. The van der Waals surface area contributed by atoms with Crippen LogP contribution in [0.5, 0.6) is 0 Å². The summed E-state index contributed by atoms with van der Waals surface area (Å²) in [4.78, 5) is 4.16. The minimum Gasteiger partial charge on any atom is -0.384 e. The normalized spacial score (nSPS) is 25.1. The van der Waals surface area contributed by atoms with Gasteiger partial charge in [0.15, 0.2) is 0 Å². The van der Waals surface area contributed by atoms with E-state index in [2.05, 4.69) is 11.1 Å². The maximum absolute atomic E-state index is 10.6. The minimum atomic E-state index is -0.660. The number of hydrogen-bond donors (Lipinski definition) is 1. The Morgan fingerprint density at radius 1 is 1.31 bits per heavy atom. The zero-order chi connectivity index (χ0) is 11.0. The predicted octanol–water partition coefficient (Wildman–Crippen LogP) is 2.56. The second-order valence-electron chi connectivity index (χ2n) is 4.24. The van der Waals surface area contributed by atoms with Crippen molar-refractivity contribution in [3.05, 3.63) is 42.2 Å². The highest BCUT2D eigenvalue weighted by atomic mass is 32.2. The lowest BCUT2D eigenvalue weighted by molar-refractivity contribution is 0.0673. The van der Waals surface area contributed by atoms with E-state index in [0.717, 1.165) is 34.3 Å². The number of rotatable bonds is 1. The molecule has 0 spiro atoms. The molecule has 1 aromatic carbocycles. The lowest BCUT2D eigenvalue weighted by Crippen LogP contribution is -2.25. The largest absolute Gasteiger partial charge is 0.384 e. The summed E-state index contributed by atoms with van der Waals surface area (Å²) in [6.45, 7) is 0. The molecule has 16 heavy (non-hydrogen) atoms. The van der Waals surface area contributed by atoms with E-state index in [1.807, 2.05) is 36.2 Å². The highest BCUT2D eigenvalue weighted by Gasteiger charge is 2.34. The summed E-state index contributed by atoms with van der Waals surface area (Å²) in [5.74, 6) is 1.83. The van der Waals surface area contributed by atoms with Crippen molar-refractivity contribution in [1.82, 2.24) is 4.98 Å². The van der Waals surface area contributed by atoms with Gasteiger partial charge in [-0.15, -0.1) is 0 Å². The molecule has 1 aliphatic rings. The maximum Gasteiger partial charge on any atom is 0.100 e. The van der Waals surface area contributed by atoms with Crippen LogP contribution in [0.25, 0.3) is 10.8 Å². The van der Waals surface area contributed by atoms with Crippen LogP contribution in [0, 0.1) is 0 Å². The lowest BCUT2D eigenvalue weighted by Gasteiger charge is -2.23. The molecule has 0 bridgehead atoms. The van der Waals surface area contributed by atoms with E-state index in [0.29, 0.717) is 0 Å². The number of benzene rings is 1. The summed E-state index contributed by atoms with van der Waals surface area (Å²) in [6, 6.07) is 8.09.